The van der Waals surface area contributed by atoms with Gasteiger partial charge in [0.15, 0.2) is 0 Å². The Labute approximate surface area is 146 Å². The highest BCUT2D eigenvalue weighted by Gasteiger charge is 2.36. The topological polar surface area (TPSA) is 34.0 Å². The Morgan fingerprint density at radius 2 is 1.62 bits per heavy atom. The molecular formula is C19H19ClN4. The first-order valence-electron chi connectivity index (χ1n) is 8.03. The van der Waals surface area contributed by atoms with Gasteiger partial charge < -0.3 is 4.90 Å². The van der Waals surface area contributed by atoms with Gasteiger partial charge in [0.1, 0.15) is 11.6 Å². The zero-order chi connectivity index (χ0) is 16.9. The molecule has 4 nitrogen and oxygen atoms in total. The first kappa shape index (κ1) is 15.2. The second-order valence-corrected chi connectivity index (χ2v) is 7.23. The van der Waals surface area contributed by atoms with Crippen molar-refractivity contribution in [2.75, 3.05) is 4.90 Å². The summed E-state index contributed by atoms with van der Waals surface area (Å²) in [5.74, 6) is 1.90. The van der Waals surface area contributed by atoms with E-state index in [1.165, 1.54) is 0 Å². The molecule has 1 aliphatic heterocycles. The van der Waals surface area contributed by atoms with Crippen LogP contribution in [0.2, 0.25) is 5.02 Å². The Balaban J connectivity index is 2.00. The Hall–Kier alpha value is -2.33. The lowest BCUT2D eigenvalue weighted by atomic mass is 9.96. The smallest absolute Gasteiger partial charge is 0.140 e. The third kappa shape index (κ3) is 2.29. The van der Waals surface area contributed by atoms with Gasteiger partial charge in [-0.3, -0.25) is 4.57 Å². The molecule has 3 aromatic rings. The van der Waals surface area contributed by atoms with Crippen LogP contribution in [0.15, 0.2) is 48.5 Å². The first-order chi connectivity index (χ1) is 11.5. The molecule has 0 amide bonds. The number of para-hydroxylation sites is 2. The summed E-state index contributed by atoms with van der Waals surface area (Å²) in [5, 5.41) is 9.45. The largest absolute Gasteiger partial charge is 0.334 e. The summed E-state index contributed by atoms with van der Waals surface area (Å²) in [4.78, 5) is 2.37. The Morgan fingerprint density at radius 1 is 0.958 bits per heavy atom. The zero-order valence-electron chi connectivity index (χ0n) is 14.0. The molecule has 0 fully saturated rings. The van der Waals surface area contributed by atoms with Gasteiger partial charge in [0.05, 0.1) is 11.4 Å². The van der Waals surface area contributed by atoms with Crippen LogP contribution in [0.4, 0.5) is 11.4 Å². The lowest BCUT2D eigenvalue weighted by molar-refractivity contribution is 0.493. The fraction of sp³-hybridized carbons (Fsp3) is 0.263. The van der Waals surface area contributed by atoms with Crippen LogP contribution in [0.5, 0.6) is 0 Å². The minimum absolute atomic E-state index is 0.155. The molecule has 0 saturated heterocycles. The molecule has 0 aliphatic carbocycles. The summed E-state index contributed by atoms with van der Waals surface area (Å²) in [6, 6.07) is 16.4. The van der Waals surface area contributed by atoms with Gasteiger partial charge >= 0.3 is 0 Å². The molecule has 0 unspecified atom stereocenters. The van der Waals surface area contributed by atoms with E-state index in [1.807, 2.05) is 19.1 Å². The van der Waals surface area contributed by atoms with Gasteiger partial charge in [-0.2, -0.15) is 0 Å². The van der Waals surface area contributed by atoms with Gasteiger partial charge in [0.2, 0.25) is 0 Å². The number of aromatic nitrogens is 3. The molecule has 2 heterocycles. The van der Waals surface area contributed by atoms with Crippen LogP contribution in [0.1, 0.15) is 25.5 Å². The summed E-state index contributed by atoms with van der Waals surface area (Å²) in [6.45, 7) is 6.47. The van der Waals surface area contributed by atoms with E-state index >= 15 is 0 Å². The highest BCUT2D eigenvalue weighted by molar-refractivity contribution is 6.30. The van der Waals surface area contributed by atoms with Crippen LogP contribution < -0.4 is 4.90 Å². The molecule has 0 atom stereocenters. The van der Waals surface area contributed by atoms with Crippen molar-refractivity contribution in [2.45, 2.75) is 32.7 Å². The van der Waals surface area contributed by atoms with Crippen molar-refractivity contribution < 1.29 is 0 Å². The lowest BCUT2D eigenvalue weighted by Crippen LogP contribution is -2.42. The van der Waals surface area contributed by atoms with E-state index in [0.717, 1.165) is 40.2 Å². The van der Waals surface area contributed by atoms with E-state index in [0.29, 0.717) is 0 Å². The number of fused-ring (bicyclic) bond motifs is 3. The van der Waals surface area contributed by atoms with Gasteiger partial charge in [0.25, 0.3) is 0 Å². The average Bonchev–Trinajstić information content (AvgIpc) is 2.84. The van der Waals surface area contributed by atoms with Crippen molar-refractivity contribution in [2.24, 2.45) is 0 Å². The molecule has 0 radical (unpaired) electrons. The molecule has 24 heavy (non-hydrogen) atoms. The summed E-state index contributed by atoms with van der Waals surface area (Å²) < 4.78 is 2.16. The number of anilines is 2. The van der Waals surface area contributed by atoms with E-state index in [9.17, 15) is 0 Å². The van der Waals surface area contributed by atoms with E-state index in [-0.39, 0.29) is 5.54 Å². The standard InChI is InChI=1S/C19H19ClN4/c1-13-21-22-18-12-19(2,3)24(15-10-8-14(20)9-11-15)17-7-5-4-6-16(17)23(13)18/h4-11H,12H2,1-3H3. The highest BCUT2D eigenvalue weighted by Crippen LogP contribution is 2.41. The van der Waals surface area contributed by atoms with Crippen molar-refractivity contribution in [3.05, 3.63) is 65.2 Å². The monoisotopic (exact) mass is 338 g/mol. The number of halogens is 1. The number of hydrogen-bond donors (Lipinski definition) is 0. The van der Waals surface area contributed by atoms with Crippen LogP contribution >= 0.6 is 11.6 Å². The van der Waals surface area contributed by atoms with Crippen LogP contribution in [0, 0.1) is 6.92 Å². The number of rotatable bonds is 1. The molecule has 2 aromatic carbocycles. The predicted molar refractivity (Wildman–Crippen MR) is 97.5 cm³/mol. The third-order valence-corrected chi connectivity index (χ3v) is 4.79. The molecular weight excluding hydrogens is 320 g/mol. The summed E-state index contributed by atoms with van der Waals surface area (Å²) in [7, 11) is 0. The fourth-order valence-corrected chi connectivity index (χ4v) is 3.67. The second kappa shape index (κ2) is 5.35. The molecule has 1 aromatic heterocycles. The molecule has 5 heteroatoms. The summed E-state index contributed by atoms with van der Waals surface area (Å²) in [5.41, 5.74) is 3.22. The minimum Gasteiger partial charge on any atom is -0.334 e. The first-order valence-corrected chi connectivity index (χ1v) is 8.41. The van der Waals surface area contributed by atoms with Crippen molar-refractivity contribution in [3.8, 4) is 5.69 Å². The van der Waals surface area contributed by atoms with Crippen LogP contribution in [-0.2, 0) is 6.42 Å². The van der Waals surface area contributed by atoms with Gasteiger partial charge in [-0.25, -0.2) is 0 Å². The van der Waals surface area contributed by atoms with Crippen LogP contribution in [0.25, 0.3) is 5.69 Å². The summed E-state index contributed by atoms with van der Waals surface area (Å²) in [6.07, 6.45) is 0.797. The zero-order valence-corrected chi connectivity index (χ0v) is 14.7. The van der Waals surface area contributed by atoms with Crippen molar-refractivity contribution in [3.63, 3.8) is 0 Å². The van der Waals surface area contributed by atoms with Crippen molar-refractivity contribution in [1.29, 1.82) is 0 Å². The van der Waals surface area contributed by atoms with Gasteiger partial charge in [-0.15, -0.1) is 10.2 Å². The molecule has 0 saturated carbocycles. The van der Waals surface area contributed by atoms with Gasteiger partial charge in [-0.1, -0.05) is 23.7 Å². The average molecular weight is 339 g/mol. The SMILES string of the molecule is Cc1nnc2n1-c1ccccc1N(c1ccc(Cl)cc1)C(C)(C)C2. The number of hydrogen-bond acceptors (Lipinski definition) is 3. The maximum atomic E-state index is 6.09. The van der Waals surface area contributed by atoms with Crippen molar-refractivity contribution >= 4 is 23.0 Å². The normalized spacial score (nSPS) is 15.6. The Bertz CT molecular complexity index is 896. The number of aryl methyl sites for hydroxylation is 1. The van der Waals surface area contributed by atoms with E-state index in [1.54, 1.807) is 0 Å². The van der Waals surface area contributed by atoms with E-state index in [2.05, 4.69) is 69.9 Å². The molecule has 0 bridgehead atoms. The van der Waals surface area contributed by atoms with E-state index < -0.39 is 0 Å². The maximum Gasteiger partial charge on any atom is 0.140 e. The third-order valence-electron chi connectivity index (χ3n) is 4.54. The fourth-order valence-electron chi connectivity index (χ4n) is 3.55. The maximum absolute atomic E-state index is 6.09. The Kier molecular flexibility index (Phi) is 3.39. The molecule has 4 rings (SSSR count). The van der Waals surface area contributed by atoms with Gasteiger partial charge in [0, 0.05) is 22.7 Å². The van der Waals surface area contributed by atoms with Crippen LogP contribution in [0.3, 0.4) is 0 Å². The molecule has 1 aliphatic rings. The second-order valence-electron chi connectivity index (χ2n) is 6.79. The molecule has 0 spiro atoms. The van der Waals surface area contributed by atoms with Gasteiger partial charge in [-0.05, 0) is 57.2 Å². The summed E-state index contributed by atoms with van der Waals surface area (Å²) >= 11 is 6.09. The molecule has 122 valence electrons. The predicted octanol–water partition coefficient (Wildman–Crippen LogP) is 4.70. The number of nitrogens with zero attached hydrogens (tertiary/aromatic N) is 4. The highest BCUT2D eigenvalue weighted by atomic mass is 35.5. The Morgan fingerprint density at radius 3 is 2.33 bits per heavy atom. The van der Waals surface area contributed by atoms with Crippen LogP contribution in [-0.4, -0.2) is 20.3 Å². The molecule has 0 N–H and O–H groups in total. The number of benzene rings is 2. The minimum atomic E-state index is -0.155. The van der Waals surface area contributed by atoms with E-state index in [4.69, 9.17) is 11.6 Å². The van der Waals surface area contributed by atoms with Crippen molar-refractivity contribution in [1.82, 2.24) is 14.8 Å². The lowest BCUT2D eigenvalue weighted by Gasteiger charge is -2.39. The quantitative estimate of drug-likeness (QED) is 0.644.